The minimum atomic E-state index is -0.190. The van der Waals surface area contributed by atoms with Gasteiger partial charge in [0, 0.05) is 12.6 Å². The molecule has 0 heterocycles. The molecule has 0 radical (unpaired) electrons. The Morgan fingerprint density at radius 2 is 1.90 bits per heavy atom. The summed E-state index contributed by atoms with van der Waals surface area (Å²) in [5.41, 5.74) is 1.24. The monoisotopic (exact) mass is 277 g/mol. The van der Waals surface area contributed by atoms with E-state index in [1.165, 1.54) is 18.4 Å². The quantitative estimate of drug-likeness (QED) is 0.784. The van der Waals surface area contributed by atoms with E-state index in [1.807, 2.05) is 12.1 Å². The molecule has 1 fully saturated rings. The molecule has 20 heavy (non-hydrogen) atoms. The van der Waals surface area contributed by atoms with Crippen LogP contribution in [-0.2, 0) is 6.54 Å². The van der Waals surface area contributed by atoms with Gasteiger partial charge in [-0.1, -0.05) is 38.3 Å². The molecule has 0 aromatic heterocycles. The molecule has 112 valence electrons. The predicted molar refractivity (Wildman–Crippen MR) is 81.9 cm³/mol. The van der Waals surface area contributed by atoms with Gasteiger partial charge in [0.05, 0.1) is 12.7 Å². The van der Waals surface area contributed by atoms with E-state index in [4.69, 9.17) is 4.74 Å². The molecule has 0 aliphatic heterocycles. The summed E-state index contributed by atoms with van der Waals surface area (Å²) < 4.78 is 5.58. The second-order valence-electron chi connectivity index (χ2n) is 5.69. The molecule has 2 rings (SSSR count). The van der Waals surface area contributed by atoms with E-state index in [-0.39, 0.29) is 12.1 Å². The first-order valence-electron chi connectivity index (χ1n) is 7.93. The zero-order chi connectivity index (χ0) is 14.2. The second kappa shape index (κ2) is 8.28. The Labute approximate surface area is 122 Å². The topological polar surface area (TPSA) is 41.5 Å². The van der Waals surface area contributed by atoms with Gasteiger partial charge in [-0.25, -0.2) is 0 Å². The lowest BCUT2D eigenvalue weighted by atomic mass is 10.1. The Kier molecular flexibility index (Phi) is 6.34. The van der Waals surface area contributed by atoms with Crippen molar-refractivity contribution in [2.45, 2.75) is 64.1 Å². The Bertz CT molecular complexity index is 377. The van der Waals surface area contributed by atoms with Crippen molar-refractivity contribution >= 4 is 0 Å². The minimum Gasteiger partial charge on any atom is -0.494 e. The number of hydrogen-bond acceptors (Lipinski definition) is 3. The van der Waals surface area contributed by atoms with Gasteiger partial charge >= 0.3 is 0 Å². The van der Waals surface area contributed by atoms with Crippen molar-refractivity contribution < 1.29 is 9.84 Å². The van der Waals surface area contributed by atoms with Crippen LogP contribution in [-0.4, -0.2) is 23.9 Å². The van der Waals surface area contributed by atoms with Crippen LogP contribution in [0, 0.1) is 0 Å². The first-order chi connectivity index (χ1) is 9.79. The summed E-state index contributed by atoms with van der Waals surface area (Å²) in [4.78, 5) is 0. The van der Waals surface area contributed by atoms with Gasteiger partial charge in [0.1, 0.15) is 5.75 Å². The molecule has 0 spiro atoms. The number of nitrogens with one attached hydrogen (secondary N) is 1. The average molecular weight is 277 g/mol. The molecule has 0 bridgehead atoms. The maximum Gasteiger partial charge on any atom is 0.119 e. The first kappa shape index (κ1) is 15.3. The average Bonchev–Trinajstić information content (AvgIpc) is 2.68. The summed E-state index contributed by atoms with van der Waals surface area (Å²) in [6, 6.07) is 8.49. The molecule has 1 aromatic carbocycles. The van der Waals surface area contributed by atoms with Crippen molar-refractivity contribution in [2.75, 3.05) is 6.61 Å². The summed E-state index contributed by atoms with van der Waals surface area (Å²) >= 11 is 0. The van der Waals surface area contributed by atoms with Gasteiger partial charge in [-0.05, 0) is 37.0 Å². The van der Waals surface area contributed by atoms with E-state index in [0.29, 0.717) is 0 Å². The van der Waals surface area contributed by atoms with E-state index >= 15 is 0 Å². The molecule has 2 atom stereocenters. The molecule has 3 heteroatoms. The van der Waals surface area contributed by atoms with E-state index < -0.39 is 0 Å². The Morgan fingerprint density at radius 1 is 1.15 bits per heavy atom. The SMILES string of the molecule is CCCOc1ccc(CNC2CCCCCC2O)cc1. The summed E-state index contributed by atoms with van der Waals surface area (Å²) in [6.07, 6.45) is 6.48. The number of hydrogen-bond donors (Lipinski definition) is 2. The van der Waals surface area contributed by atoms with Crippen LogP contribution in [0.1, 0.15) is 51.0 Å². The maximum atomic E-state index is 10.1. The minimum absolute atomic E-state index is 0.190. The van der Waals surface area contributed by atoms with Gasteiger partial charge in [-0.2, -0.15) is 0 Å². The number of aliphatic hydroxyl groups is 1. The van der Waals surface area contributed by atoms with Crippen molar-refractivity contribution in [1.29, 1.82) is 0 Å². The Morgan fingerprint density at radius 3 is 2.65 bits per heavy atom. The highest BCUT2D eigenvalue weighted by Gasteiger charge is 2.20. The molecule has 1 saturated carbocycles. The lowest BCUT2D eigenvalue weighted by molar-refractivity contribution is 0.119. The van der Waals surface area contributed by atoms with Crippen molar-refractivity contribution in [3.8, 4) is 5.75 Å². The van der Waals surface area contributed by atoms with Crippen LogP contribution in [0.3, 0.4) is 0 Å². The predicted octanol–water partition coefficient (Wildman–Crippen LogP) is 3.26. The van der Waals surface area contributed by atoms with Crippen LogP contribution in [0.5, 0.6) is 5.75 Å². The molecule has 0 amide bonds. The number of aliphatic hydroxyl groups excluding tert-OH is 1. The van der Waals surface area contributed by atoms with E-state index in [1.54, 1.807) is 0 Å². The smallest absolute Gasteiger partial charge is 0.119 e. The fourth-order valence-electron chi connectivity index (χ4n) is 2.70. The largest absolute Gasteiger partial charge is 0.494 e. The van der Waals surface area contributed by atoms with Crippen LogP contribution >= 0.6 is 0 Å². The Balaban J connectivity index is 1.80. The highest BCUT2D eigenvalue weighted by molar-refractivity contribution is 5.27. The number of rotatable bonds is 6. The molecule has 0 saturated heterocycles. The first-order valence-corrected chi connectivity index (χ1v) is 7.93. The van der Waals surface area contributed by atoms with Crippen molar-refractivity contribution in [3.05, 3.63) is 29.8 Å². The molecule has 1 aliphatic carbocycles. The van der Waals surface area contributed by atoms with Crippen LogP contribution in [0.2, 0.25) is 0 Å². The highest BCUT2D eigenvalue weighted by atomic mass is 16.5. The van der Waals surface area contributed by atoms with Gasteiger partial charge in [0.25, 0.3) is 0 Å². The lowest BCUT2D eigenvalue weighted by Gasteiger charge is -2.21. The molecule has 2 N–H and O–H groups in total. The molecule has 1 aliphatic rings. The zero-order valence-corrected chi connectivity index (χ0v) is 12.5. The highest BCUT2D eigenvalue weighted by Crippen LogP contribution is 2.19. The van der Waals surface area contributed by atoms with Crippen molar-refractivity contribution in [1.82, 2.24) is 5.32 Å². The lowest BCUT2D eigenvalue weighted by Crippen LogP contribution is -2.38. The standard InChI is InChI=1S/C17H27NO2/c1-2-12-20-15-10-8-14(9-11-15)13-18-16-6-4-3-5-7-17(16)19/h8-11,16-19H,2-7,12-13H2,1H3. The fourth-order valence-corrected chi connectivity index (χ4v) is 2.70. The molecule has 3 nitrogen and oxygen atoms in total. The Hall–Kier alpha value is -1.06. The number of ether oxygens (including phenoxy) is 1. The van der Waals surface area contributed by atoms with Crippen LogP contribution in [0.15, 0.2) is 24.3 Å². The third-order valence-corrected chi connectivity index (χ3v) is 3.94. The van der Waals surface area contributed by atoms with Gasteiger partial charge in [0.2, 0.25) is 0 Å². The zero-order valence-electron chi connectivity index (χ0n) is 12.5. The molecular formula is C17H27NO2. The van der Waals surface area contributed by atoms with Gasteiger partial charge < -0.3 is 15.2 Å². The summed E-state index contributed by atoms with van der Waals surface area (Å²) in [5, 5.41) is 13.6. The maximum absolute atomic E-state index is 10.1. The van der Waals surface area contributed by atoms with Crippen LogP contribution in [0.4, 0.5) is 0 Å². The van der Waals surface area contributed by atoms with Crippen molar-refractivity contribution in [2.24, 2.45) is 0 Å². The van der Waals surface area contributed by atoms with Crippen LogP contribution in [0.25, 0.3) is 0 Å². The third-order valence-electron chi connectivity index (χ3n) is 3.94. The van der Waals surface area contributed by atoms with E-state index in [2.05, 4.69) is 24.4 Å². The summed E-state index contributed by atoms with van der Waals surface area (Å²) in [7, 11) is 0. The third kappa shape index (κ3) is 4.80. The van der Waals surface area contributed by atoms with E-state index in [0.717, 1.165) is 44.6 Å². The van der Waals surface area contributed by atoms with Gasteiger partial charge in [-0.15, -0.1) is 0 Å². The van der Waals surface area contributed by atoms with E-state index in [9.17, 15) is 5.11 Å². The summed E-state index contributed by atoms with van der Waals surface area (Å²) in [6.45, 7) is 3.69. The number of benzene rings is 1. The van der Waals surface area contributed by atoms with Crippen molar-refractivity contribution in [3.63, 3.8) is 0 Å². The normalized spacial score (nSPS) is 23.3. The van der Waals surface area contributed by atoms with Crippen LogP contribution < -0.4 is 10.1 Å². The molecular weight excluding hydrogens is 250 g/mol. The van der Waals surface area contributed by atoms with Gasteiger partial charge in [0.15, 0.2) is 0 Å². The fraction of sp³-hybridized carbons (Fsp3) is 0.647. The second-order valence-corrected chi connectivity index (χ2v) is 5.69. The molecule has 1 aromatic rings. The molecule has 2 unspecified atom stereocenters. The summed E-state index contributed by atoms with van der Waals surface area (Å²) in [5.74, 6) is 0.935. The van der Waals surface area contributed by atoms with Gasteiger partial charge in [-0.3, -0.25) is 0 Å².